The average Bonchev–Trinajstić information content (AvgIpc) is 3.16. The molecule has 4 heterocycles. The van der Waals surface area contributed by atoms with Crippen LogP contribution in [0.1, 0.15) is 23.9 Å². The first-order valence-electron chi connectivity index (χ1n) is 7.59. The zero-order valence-corrected chi connectivity index (χ0v) is 12.7. The number of piperazine rings is 1. The first-order valence-corrected chi connectivity index (χ1v) is 7.59. The van der Waals surface area contributed by atoms with Crippen molar-refractivity contribution in [3.05, 3.63) is 24.1 Å². The summed E-state index contributed by atoms with van der Waals surface area (Å²) in [4.78, 5) is 32.1. The van der Waals surface area contributed by atoms with Gasteiger partial charge in [-0.3, -0.25) is 9.69 Å². The molecule has 0 saturated carbocycles. The number of carbonyl (C=O) groups excluding carboxylic acids is 2. The number of carbonyl (C=O) groups is 2. The van der Waals surface area contributed by atoms with Gasteiger partial charge in [-0.2, -0.15) is 0 Å². The number of hydrogen-bond donors (Lipinski definition) is 0. The Bertz CT molecular complexity index is 789. The molecule has 2 amide bonds. The topological polar surface area (TPSA) is 88.8 Å². The monoisotopic (exact) mass is 316 g/mol. The number of rotatable bonds is 2. The van der Waals surface area contributed by atoms with E-state index in [-0.39, 0.29) is 17.8 Å². The fraction of sp³-hybridized carbons (Fsp3) is 0.467. The van der Waals surface area contributed by atoms with Crippen LogP contribution in [0.4, 0.5) is 4.79 Å². The van der Waals surface area contributed by atoms with Gasteiger partial charge >= 0.3 is 6.09 Å². The Kier molecular flexibility index (Phi) is 3.00. The van der Waals surface area contributed by atoms with E-state index in [4.69, 9.17) is 9.26 Å². The molecule has 2 saturated heterocycles. The zero-order valence-electron chi connectivity index (χ0n) is 12.7. The van der Waals surface area contributed by atoms with Gasteiger partial charge in [0, 0.05) is 25.8 Å². The molecule has 2 fully saturated rings. The maximum Gasteiger partial charge on any atom is 0.410 e. The second kappa shape index (κ2) is 4.94. The Balaban J connectivity index is 1.64. The molecule has 1 atom stereocenters. The van der Waals surface area contributed by atoms with Gasteiger partial charge < -0.3 is 14.2 Å². The number of ether oxygens (including phenoxy) is 1. The lowest BCUT2D eigenvalue weighted by atomic mass is 9.92. The van der Waals surface area contributed by atoms with Crippen LogP contribution in [-0.4, -0.2) is 63.7 Å². The highest BCUT2D eigenvalue weighted by Gasteiger charge is 2.50. The predicted octanol–water partition coefficient (Wildman–Crippen LogP) is 1.28. The number of hydrogen-bond acceptors (Lipinski definition) is 6. The molecule has 0 N–H and O–H groups in total. The van der Waals surface area contributed by atoms with Crippen molar-refractivity contribution in [3.63, 3.8) is 0 Å². The summed E-state index contributed by atoms with van der Waals surface area (Å²) in [5.41, 5.74) is -0.0296. The van der Waals surface area contributed by atoms with E-state index in [0.29, 0.717) is 37.3 Å². The van der Waals surface area contributed by atoms with Gasteiger partial charge in [-0.25, -0.2) is 9.78 Å². The van der Waals surface area contributed by atoms with Crippen LogP contribution in [0, 0.1) is 0 Å². The van der Waals surface area contributed by atoms with Crippen LogP contribution < -0.4 is 0 Å². The minimum absolute atomic E-state index is 0.193. The first-order chi connectivity index (χ1) is 11.1. The van der Waals surface area contributed by atoms with Gasteiger partial charge in [0.05, 0.1) is 10.9 Å². The van der Waals surface area contributed by atoms with E-state index in [1.54, 1.807) is 28.1 Å². The van der Waals surface area contributed by atoms with Gasteiger partial charge in [0.2, 0.25) is 11.4 Å². The number of fused-ring (bicyclic) bond motifs is 2. The third-order valence-corrected chi connectivity index (χ3v) is 4.73. The van der Waals surface area contributed by atoms with Gasteiger partial charge in [0.1, 0.15) is 6.61 Å². The summed E-state index contributed by atoms with van der Waals surface area (Å²) in [7, 11) is 0. The summed E-state index contributed by atoms with van der Waals surface area (Å²) < 4.78 is 10.4. The summed E-state index contributed by atoms with van der Waals surface area (Å²) in [5.74, 6) is -0.0367. The van der Waals surface area contributed by atoms with Crippen LogP contribution in [0.2, 0.25) is 0 Å². The highest BCUT2D eigenvalue weighted by Crippen LogP contribution is 2.32. The molecule has 2 aliphatic heterocycles. The standard InChI is InChI=1S/C15H16N4O4/c1-2-15-8-18(6-7-19(15)14(21)22-9-15)13(20)11-10-4-3-5-16-12(10)17-23-11/h3-5H,2,6-9H2,1H3. The van der Waals surface area contributed by atoms with Gasteiger partial charge in [-0.05, 0) is 18.6 Å². The lowest BCUT2D eigenvalue weighted by Crippen LogP contribution is -2.62. The smallest absolute Gasteiger partial charge is 0.410 e. The lowest BCUT2D eigenvalue weighted by Gasteiger charge is -2.43. The normalized spacial score (nSPS) is 24.0. The molecule has 2 aliphatic rings. The van der Waals surface area contributed by atoms with Gasteiger partial charge in [-0.1, -0.05) is 12.1 Å². The molecule has 120 valence electrons. The van der Waals surface area contributed by atoms with E-state index in [9.17, 15) is 9.59 Å². The van der Waals surface area contributed by atoms with Crippen LogP contribution in [-0.2, 0) is 4.74 Å². The van der Waals surface area contributed by atoms with Crippen molar-refractivity contribution in [2.24, 2.45) is 0 Å². The maximum absolute atomic E-state index is 12.8. The number of nitrogens with zero attached hydrogens (tertiary/aromatic N) is 4. The largest absolute Gasteiger partial charge is 0.447 e. The Morgan fingerprint density at radius 3 is 3.13 bits per heavy atom. The molecule has 23 heavy (non-hydrogen) atoms. The Morgan fingerprint density at radius 2 is 2.30 bits per heavy atom. The molecule has 0 bridgehead atoms. The SMILES string of the molecule is CCC12COC(=O)N1CCN(C(=O)c1onc3ncccc13)C2. The molecule has 2 aromatic rings. The molecular weight excluding hydrogens is 300 g/mol. The molecule has 4 rings (SSSR count). The van der Waals surface area contributed by atoms with Crippen molar-refractivity contribution in [1.29, 1.82) is 0 Å². The third-order valence-electron chi connectivity index (χ3n) is 4.73. The molecule has 8 nitrogen and oxygen atoms in total. The third kappa shape index (κ3) is 1.97. The quantitative estimate of drug-likeness (QED) is 0.829. The lowest BCUT2D eigenvalue weighted by molar-refractivity contribution is 0.0334. The molecule has 0 aromatic carbocycles. The number of aromatic nitrogens is 2. The molecule has 1 unspecified atom stereocenters. The molecule has 0 radical (unpaired) electrons. The second-order valence-corrected chi connectivity index (χ2v) is 5.90. The first kappa shape index (κ1) is 14.0. The van der Waals surface area contributed by atoms with Crippen molar-refractivity contribution in [2.75, 3.05) is 26.2 Å². The summed E-state index contributed by atoms with van der Waals surface area (Å²) in [5, 5.41) is 4.43. The van der Waals surface area contributed by atoms with Crippen molar-refractivity contribution < 1.29 is 18.8 Å². The predicted molar refractivity (Wildman–Crippen MR) is 78.8 cm³/mol. The molecule has 0 spiro atoms. The van der Waals surface area contributed by atoms with E-state index < -0.39 is 5.54 Å². The highest BCUT2D eigenvalue weighted by atomic mass is 16.6. The summed E-state index contributed by atoms with van der Waals surface area (Å²) in [6.07, 6.45) is 2.03. The molecular formula is C15H16N4O4. The van der Waals surface area contributed by atoms with Crippen molar-refractivity contribution in [1.82, 2.24) is 19.9 Å². The van der Waals surface area contributed by atoms with Crippen LogP contribution in [0.25, 0.3) is 11.0 Å². The van der Waals surface area contributed by atoms with E-state index in [2.05, 4.69) is 10.1 Å². The van der Waals surface area contributed by atoms with Crippen LogP contribution in [0.15, 0.2) is 22.9 Å². The summed E-state index contributed by atoms with van der Waals surface area (Å²) in [6, 6.07) is 3.51. The number of cyclic esters (lactones) is 1. The minimum Gasteiger partial charge on any atom is -0.447 e. The number of amides is 2. The van der Waals surface area contributed by atoms with Gasteiger partial charge in [0.15, 0.2) is 0 Å². The fourth-order valence-electron chi connectivity index (χ4n) is 3.32. The number of pyridine rings is 1. The summed E-state index contributed by atoms with van der Waals surface area (Å²) >= 11 is 0. The molecule has 8 heteroatoms. The van der Waals surface area contributed by atoms with Crippen LogP contribution in [0.3, 0.4) is 0 Å². The Morgan fingerprint density at radius 1 is 1.43 bits per heavy atom. The molecule has 0 aliphatic carbocycles. The van der Waals surface area contributed by atoms with Crippen molar-refractivity contribution in [2.45, 2.75) is 18.9 Å². The van der Waals surface area contributed by atoms with Gasteiger partial charge in [0.25, 0.3) is 5.91 Å². The van der Waals surface area contributed by atoms with Crippen LogP contribution >= 0.6 is 0 Å². The maximum atomic E-state index is 12.8. The average molecular weight is 316 g/mol. The Labute approximate surface area is 132 Å². The van der Waals surface area contributed by atoms with Gasteiger partial charge in [-0.15, -0.1) is 0 Å². The van der Waals surface area contributed by atoms with E-state index in [1.807, 2.05) is 6.92 Å². The Hall–Kier alpha value is -2.64. The highest BCUT2D eigenvalue weighted by molar-refractivity contribution is 6.02. The fourth-order valence-corrected chi connectivity index (χ4v) is 3.32. The zero-order chi connectivity index (χ0) is 16.0. The minimum atomic E-state index is -0.445. The van der Waals surface area contributed by atoms with Crippen molar-refractivity contribution >= 4 is 23.0 Å². The van der Waals surface area contributed by atoms with E-state index in [0.717, 1.165) is 6.42 Å². The van der Waals surface area contributed by atoms with Crippen molar-refractivity contribution in [3.8, 4) is 0 Å². The molecule has 2 aromatic heterocycles. The van der Waals surface area contributed by atoms with E-state index >= 15 is 0 Å². The van der Waals surface area contributed by atoms with E-state index in [1.165, 1.54) is 0 Å². The summed E-state index contributed by atoms with van der Waals surface area (Å²) in [6.45, 7) is 3.64. The van der Waals surface area contributed by atoms with Crippen LogP contribution in [0.5, 0.6) is 0 Å². The second-order valence-electron chi connectivity index (χ2n) is 5.90.